The van der Waals surface area contributed by atoms with Crippen LogP contribution in [0.2, 0.25) is 0 Å². The highest BCUT2D eigenvalue weighted by atomic mass is 32.2. The number of piperidine rings is 1. The summed E-state index contributed by atoms with van der Waals surface area (Å²) in [4.78, 5) is 0. The van der Waals surface area contributed by atoms with Crippen molar-refractivity contribution >= 4 is 10.0 Å². The Morgan fingerprint density at radius 1 is 1.36 bits per heavy atom. The van der Waals surface area contributed by atoms with Crippen LogP contribution >= 0.6 is 0 Å². The Balaban J connectivity index is 2.49. The average Bonchev–Trinajstić information content (AvgIpc) is 2.18. The number of nitrogens with two attached hydrogens (primary N) is 1. The quantitative estimate of drug-likeness (QED) is 0.637. The maximum absolute atomic E-state index is 11.6. The minimum absolute atomic E-state index is 0.0246. The fraction of sp³-hybridized carbons (Fsp3) is 1.00. The molecule has 0 bridgehead atoms. The fourth-order valence-corrected chi connectivity index (χ4v) is 2.97. The second-order valence-electron chi connectivity index (χ2n) is 3.63. The van der Waals surface area contributed by atoms with Gasteiger partial charge in [-0.2, -0.15) is 0 Å². The molecule has 0 aliphatic carbocycles. The average molecular weight is 222 g/mol. The van der Waals surface area contributed by atoms with Gasteiger partial charge in [-0.25, -0.2) is 12.7 Å². The Kier molecular flexibility index (Phi) is 4.31. The molecule has 0 radical (unpaired) electrons. The van der Waals surface area contributed by atoms with Crippen LogP contribution in [0.1, 0.15) is 12.8 Å². The van der Waals surface area contributed by atoms with Crippen LogP contribution < -0.4 is 5.73 Å². The molecule has 0 unspecified atom stereocenters. The van der Waals surface area contributed by atoms with E-state index in [-0.39, 0.29) is 24.8 Å². The summed E-state index contributed by atoms with van der Waals surface area (Å²) in [6.07, 6.45) is 1.50. The molecular weight excluding hydrogens is 204 g/mol. The highest BCUT2D eigenvalue weighted by Crippen LogP contribution is 2.18. The number of sulfonamides is 1. The first-order chi connectivity index (χ1) is 6.60. The first-order valence-corrected chi connectivity index (χ1v) is 6.50. The summed E-state index contributed by atoms with van der Waals surface area (Å²) < 4.78 is 24.6. The molecule has 0 aromatic heterocycles. The van der Waals surface area contributed by atoms with E-state index in [0.29, 0.717) is 13.1 Å². The maximum atomic E-state index is 11.6. The highest BCUT2D eigenvalue weighted by molar-refractivity contribution is 7.89. The molecule has 0 spiro atoms. The zero-order valence-electron chi connectivity index (χ0n) is 8.22. The van der Waals surface area contributed by atoms with E-state index in [1.807, 2.05) is 0 Å². The van der Waals surface area contributed by atoms with Gasteiger partial charge >= 0.3 is 0 Å². The lowest BCUT2D eigenvalue weighted by Crippen LogP contribution is -2.41. The van der Waals surface area contributed by atoms with Gasteiger partial charge in [0.1, 0.15) is 0 Å². The Hall–Kier alpha value is -0.170. The summed E-state index contributed by atoms with van der Waals surface area (Å²) in [5.74, 6) is 0.288. The third-order valence-corrected chi connectivity index (χ3v) is 4.50. The minimum Gasteiger partial charge on any atom is -0.396 e. The summed E-state index contributed by atoms with van der Waals surface area (Å²) in [6, 6.07) is 0. The summed E-state index contributed by atoms with van der Waals surface area (Å²) in [5.41, 5.74) is 5.23. The predicted molar refractivity (Wildman–Crippen MR) is 54.2 cm³/mol. The van der Waals surface area contributed by atoms with Crippen molar-refractivity contribution in [2.75, 3.05) is 32.0 Å². The molecule has 0 aromatic rings. The first-order valence-electron chi connectivity index (χ1n) is 4.89. The second kappa shape index (κ2) is 5.06. The molecule has 1 aliphatic rings. The zero-order valence-corrected chi connectivity index (χ0v) is 9.04. The molecule has 0 atom stereocenters. The normalized spacial score (nSPS) is 21.3. The van der Waals surface area contributed by atoms with Gasteiger partial charge in [0.05, 0.1) is 5.75 Å². The van der Waals surface area contributed by atoms with Crippen LogP contribution in [0.5, 0.6) is 0 Å². The Morgan fingerprint density at radius 3 is 2.36 bits per heavy atom. The van der Waals surface area contributed by atoms with Crippen LogP contribution in [0.3, 0.4) is 0 Å². The van der Waals surface area contributed by atoms with E-state index in [0.717, 1.165) is 12.8 Å². The van der Waals surface area contributed by atoms with Crippen molar-refractivity contribution in [1.82, 2.24) is 4.31 Å². The SMILES string of the molecule is NCCS(=O)(=O)N1CCC(CO)CC1. The Morgan fingerprint density at radius 2 is 1.93 bits per heavy atom. The monoisotopic (exact) mass is 222 g/mol. The van der Waals surface area contributed by atoms with Crippen LogP contribution in [0.25, 0.3) is 0 Å². The molecule has 1 heterocycles. The molecule has 5 nitrogen and oxygen atoms in total. The molecule has 1 rings (SSSR count). The van der Waals surface area contributed by atoms with Crippen LogP contribution in [0, 0.1) is 5.92 Å². The number of rotatable bonds is 4. The van der Waals surface area contributed by atoms with Gasteiger partial charge in [-0.15, -0.1) is 0 Å². The van der Waals surface area contributed by atoms with Gasteiger partial charge in [0.2, 0.25) is 10.0 Å². The fourth-order valence-electron chi connectivity index (χ4n) is 1.65. The third kappa shape index (κ3) is 2.91. The smallest absolute Gasteiger partial charge is 0.215 e. The van der Waals surface area contributed by atoms with Gasteiger partial charge in [0, 0.05) is 26.2 Å². The van der Waals surface area contributed by atoms with Crippen LogP contribution in [0.4, 0.5) is 0 Å². The van der Waals surface area contributed by atoms with Crippen LogP contribution in [0.15, 0.2) is 0 Å². The van der Waals surface area contributed by atoms with Gasteiger partial charge in [-0.1, -0.05) is 0 Å². The van der Waals surface area contributed by atoms with E-state index in [2.05, 4.69) is 0 Å². The second-order valence-corrected chi connectivity index (χ2v) is 5.72. The standard InChI is InChI=1S/C8H18N2O3S/c9-3-6-14(12,13)10-4-1-8(7-11)2-5-10/h8,11H,1-7,9H2. The number of hydrogen-bond acceptors (Lipinski definition) is 4. The third-order valence-electron chi connectivity index (χ3n) is 2.60. The first kappa shape index (κ1) is 11.9. The topological polar surface area (TPSA) is 83.6 Å². The number of aliphatic hydroxyl groups excluding tert-OH is 1. The van der Waals surface area contributed by atoms with E-state index in [4.69, 9.17) is 10.8 Å². The van der Waals surface area contributed by atoms with Crippen molar-refractivity contribution in [2.24, 2.45) is 11.7 Å². The van der Waals surface area contributed by atoms with Crippen molar-refractivity contribution in [1.29, 1.82) is 0 Å². The van der Waals surface area contributed by atoms with Gasteiger partial charge in [0.15, 0.2) is 0 Å². The Bertz CT molecular complexity index is 258. The zero-order chi connectivity index (χ0) is 10.6. The summed E-state index contributed by atoms with van der Waals surface area (Å²) in [6.45, 7) is 1.37. The lowest BCUT2D eigenvalue weighted by Gasteiger charge is -2.30. The van der Waals surface area contributed by atoms with Crippen molar-refractivity contribution < 1.29 is 13.5 Å². The molecular formula is C8H18N2O3S. The van der Waals surface area contributed by atoms with E-state index in [1.54, 1.807) is 0 Å². The predicted octanol–water partition coefficient (Wildman–Crippen LogP) is -1.02. The van der Waals surface area contributed by atoms with E-state index in [1.165, 1.54) is 4.31 Å². The van der Waals surface area contributed by atoms with Crippen molar-refractivity contribution in [2.45, 2.75) is 12.8 Å². The number of aliphatic hydroxyl groups is 1. The minimum atomic E-state index is -3.14. The lowest BCUT2D eigenvalue weighted by atomic mass is 10.00. The van der Waals surface area contributed by atoms with Crippen molar-refractivity contribution in [3.63, 3.8) is 0 Å². The van der Waals surface area contributed by atoms with Gasteiger partial charge < -0.3 is 10.8 Å². The maximum Gasteiger partial charge on any atom is 0.215 e. The molecule has 84 valence electrons. The Labute approximate surface area is 84.9 Å². The van der Waals surface area contributed by atoms with Gasteiger partial charge in [-0.05, 0) is 18.8 Å². The molecule has 0 amide bonds. The molecule has 1 fully saturated rings. The molecule has 0 aromatic carbocycles. The molecule has 1 aliphatic heterocycles. The van der Waals surface area contributed by atoms with E-state index < -0.39 is 10.0 Å². The summed E-state index contributed by atoms with van der Waals surface area (Å²) >= 11 is 0. The largest absolute Gasteiger partial charge is 0.396 e. The van der Waals surface area contributed by atoms with Crippen molar-refractivity contribution in [3.8, 4) is 0 Å². The van der Waals surface area contributed by atoms with Crippen LogP contribution in [-0.4, -0.2) is 49.8 Å². The summed E-state index contributed by atoms with van der Waals surface area (Å²) in [5, 5.41) is 8.90. The number of nitrogens with zero attached hydrogens (tertiary/aromatic N) is 1. The number of hydrogen-bond donors (Lipinski definition) is 2. The van der Waals surface area contributed by atoms with Crippen LogP contribution in [-0.2, 0) is 10.0 Å². The van der Waals surface area contributed by atoms with Gasteiger partial charge in [0.25, 0.3) is 0 Å². The highest BCUT2D eigenvalue weighted by Gasteiger charge is 2.26. The van der Waals surface area contributed by atoms with E-state index >= 15 is 0 Å². The molecule has 1 saturated heterocycles. The summed E-state index contributed by atoms with van der Waals surface area (Å²) in [7, 11) is -3.14. The molecule has 0 saturated carbocycles. The van der Waals surface area contributed by atoms with Gasteiger partial charge in [-0.3, -0.25) is 0 Å². The lowest BCUT2D eigenvalue weighted by molar-refractivity contribution is 0.170. The molecule has 3 N–H and O–H groups in total. The molecule has 6 heteroatoms. The van der Waals surface area contributed by atoms with Crippen molar-refractivity contribution in [3.05, 3.63) is 0 Å². The van der Waals surface area contributed by atoms with E-state index in [9.17, 15) is 8.42 Å². The molecule has 14 heavy (non-hydrogen) atoms.